The summed E-state index contributed by atoms with van der Waals surface area (Å²) in [7, 11) is 5.39. The number of hydrogen-bond donors (Lipinski definition) is 1. The molecule has 0 aliphatic heterocycles. The molecule has 5 heteroatoms. The van der Waals surface area contributed by atoms with Crippen LogP contribution in [0.5, 0.6) is 0 Å². The number of thiophene rings is 1. The van der Waals surface area contributed by atoms with Crippen molar-refractivity contribution < 1.29 is 9.53 Å². The van der Waals surface area contributed by atoms with Crippen LogP contribution in [0.15, 0.2) is 24.3 Å². The van der Waals surface area contributed by atoms with E-state index in [0.29, 0.717) is 10.6 Å². The zero-order valence-electron chi connectivity index (χ0n) is 15.3. The van der Waals surface area contributed by atoms with Crippen molar-refractivity contribution in [2.75, 3.05) is 26.9 Å². The van der Waals surface area contributed by atoms with E-state index >= 15 is 0 Å². The molecule has 0 spiro atoms. The Morgan fingerprint density at radius 3 is 2.25 bits per heavy atom. The van der Waals surface area contributed by atoms with Gasteiger partial charge in [0.15, 0.2) is 0 Å². The largest absolute Gasteiger partial charge is 0.465 e. The molecule has 130 valence electrons. The third-order valence-corrected chi connectivity index (χ3v) is 4.90. The summed E-state index contributed by atoms with van der Waals surface area (Å²) < 4.78 is 4.95. The Hall–Kier alpha value is -1.85. The van der Waals surface area contributed by atoms with Gasteiger partial charge in [-0.05, 0) is 30.6 Å². The van der Waals surface area contributed by atoms with Gasteiger partial charge in [0.25, 0.3) is 0 Å². The third kappa shape index (κ3) is 3.79. The van der Waals surface area contributed by atoms with Crippen molar-refractivity contribution >= 4 is 22.3 Å². The molecular weight excluding hydrogens is 320 g/mol. The van der Waals surface area contributed by atoms with Crippen LogP contribution in [-0.2, 0) is 16.7 Å². The zero-order chi connectivity index (χ0) is 18.1. The highest BCUT2D eigenvalue weighted by atomic mass is 32.1. The van der Waals surface area contributed by atoms with Crippen molar-refractivity contribution in [2.45, 2.75) is 32.7 Å². The van der Waals surface area contributed by atoms with Crippen molar-refractivity contribution in [2.24, 2.45) is 0 Å². The van der Waals surface area contributed by atoms with Crippen LogP contribution in [0.3, 0.4) is 0 Å². The van der Waals surface area contributed by atoms with Crippen molar-refractivity contribution in [1.82, 2.24) is 4.90 Å². The topological polar surface area (TPSA) is 55.6 Å². The fourth-order valence-corrected chi connectivity index (χ4v) is 3.84. The Morgan fingerprint density at radius 2 is 1.79 bits per heavy atom. The SMILES string of the molecule is COC(=O)c1c(N)sc(CN(C)C)c1-c1ccc(C(C)(C)C)cc1. The number of methoxy groups -OCH3 is 1. The van der Waals surface area contributed by atoms with Crippen molar-refractivity contribution in [3.05, 3.63) is 40.3 Å². The van der Waals surface area contributed by atoms with E-state index in [4.69, 9.17) is 10.5 Å². The number of benzene rings is 1. The molecule has 4 nitrogen and oxygen atoms in total. The Morgan fingerprint density at radius 1 is 1.21 bits per heavy atom. The van der Waals surface area contributed by atoms with E-state index in [1.54, 1.807) is 0 Å². The van der Waals surface area contributed by atoms with Gasteiger partial charge in [-0.25, -0.2) is 4.79 Å². The number of ether oxygens (including phenoxy) is 1. The molecule has 0 fully saturated rings. The minimum atomic E-state index is -0.386. The number of anilines is 1. The Bertz CT molecular complexity index is 725. The highest BCUT2D eigenvalue weighted by Crippen LogP contribution is 2.40. The standard InChI is InChI=1S/C19H26N2O2S/c1-19(2,3)13-9-7-12(8-10-13)15-14(11-21(4)5)24-17(20)16(15)18(22)23-6/h7-10H,11,20H2,1-6H3. The maximum Gasteiger partial charge on any atom is 0.341 e. The molecule has 1 aromatic heterocycles. The molecule has 2 N–H and O–H groups in total. The smallest absolute Gasteiger partial charge is 0.341 e. The predicted octanol–water partition coefficient (Wildman–Crippen LogP) is 4.14. The quantitative estimate of drug-likeness (QED) is 0.845. The zero-order valence-corrected chi connectivity index (χ0v) is 16.1. The number of nitrogens with two attached hydrogens (primary N) is 1. The number of carbonyl (C=O) groups is 1. The molecule has 0 aliphatic rings. The van der Waals surface area contributed by atoms with Gasteiger partial charge in [0.2, 0.25) is 0 Å². The summed E-state index contributed by atoms with van der Waals surface area (Å²) >= 11 is 1.45. The second kappa shape index (κ2) is 6.95. The first-order chi connectivity index (χ1) is 11.1. The van der Waals surface area contributed by atoms with Gasteiger partial charge in [0, 0.05) is 17.0 Å². The molecule has 0 radical (unpaired) electrons. The van der Waals surface area contributed by atoms with E-state index in [9.17, 15) is 4.79 Å². The Labute approximate surface area is 148 Å². The van der Waals surface area contributed by atoms with Crippen LogP contribution < -0.4 is 5.73 Å². The molecule has 0 amide bonds. The molecule has 2 rings (SSSR count). The van der Waals surface area contributed by atoms with E-state index in [-0.39, 0.29) is 11.4 Å². The maximum atomic E-state index is 12.2. The van der Waals surface area contributed by atoms with Gasteiger partial charge >= 0.3 is 5.97 Å². The van der Waals surface area contributed by atoms with E-state index in [2.05, 4.69) is 49.9 Å². The van der Waals surface area contributed by atoms with Crippen LogP contribution in [0.1, 0.15) is 41.6 Å². The second-order valence-corrected chi connectivity index (χ2v) is 8.33. The predicted molar refractivity (Wildman–Crippen MR) is 102 cm³/mol. The summed E-state index contributed by atoms with van der Waals surface area (Å²) in [6.07, 6.45) is 0. The van der Waals surface area contributed by atoms with E-state index in [1.807, 2.05) is 14.1 Å². The summed E-state index contributed by atoms with van der Waals surface area (Å²) in [6, 6.07) is 8.36. The third-order valence-electron chi connectivity index (χ3n) is 3.90. The van der Waals surface area contributed by atoms with Gasteiger partial charge in [0.05, 0.1) is 7.11 Å². The Balaban J connectivity index is 2.60. The molecule has 0 saturated heterocycles. The minimum absolute atomic E-state index is 0.0872. The second-order valence-electron chi connectivity index (χ2n) is 7.20. The minimum Gasteiger partial charge on any atom is -0.465 e. The van der Waals surface area contributed by atoms with Crippen LogP contribution in [0.2, 0.25) is 0 Å². The van der Waals surface area contributed by atoms with Crippen LogP contribution in [0, 0.1) is 0 Å². The fourth-order valence-electron chi connectivity index (χ4n) is 2.64. The van der Waals surface area contributed by atoms with Crippen LogP contribution in [0.25, 0.3) is 11.1 Å². The summed E-state index contributed by atoms with van der Waals surface area (Å²) in [4.78, 5) is 15.4. The van der Waals surface area contributed by atoms with Crippen LogP contribution in [0.4, 0.5) is 5.00 Å². The number of carbonyl (C=O) groups excluding carboxylic acids is 1. The average molecular weight is 346 g/mol. The van der Waals surface area contributed by atoms with Gasteiger partial charge in [-0.1, -0.05) is 45.0 Å². The van der Waals surface area contributed by atoms with E-state index in [1.165, 1.54) is 24.0 Å². The van der Waals surface area contributed by atoms with Gasteiger partial charge in [-0.2, -0.15) is 0 Å². The molecular formula is C19H26N2O2S. The summed E-state index contributed by atoms with van der Waals surface area (Å²) in [5.41, 5.74) is 9.83. The molecule has 2 aromatic rings. The van der Waals surface area contributed by atoms with Crippen LogP contribution >= 0.6 is 11.3 Å². The first-order valence-corrected chi connectivity index (χ1v) is 8.72. The van der Waals surface area contributed by atoms with Crippen LogP contribution in [-0.4, -0.2) is 32.1 Å². The fraction of sp³-hybridized carbons (Fsp3) is 0.421. The van der Waals surface area contributed by atoms with E-state index in [0.717, 1.165) is 22.5 Å². The van der Waals surface area contributed by atoms with Crippen molar-refractivity contribution in [3.8, 4) is 11.1 Å². The lowest BCUT2D eigenvalue weighted by Crippen LogP contribution is -2.12. The Kier molecular flexibility index (Phi) is 5.35. The first-order valence-electron chi connectivity index (χ1n) is 7.90. The number of rotatable bonds is 4. The lowest BCUT2D eigenvalue weighted by atomic mass is 9.86. The summed E-state index contributed by atoms with van der Waals surface area (Å²) in [6.45, 7) is 7.27. The van der Waals surface area contributed by atoms with Crippen molar-refractivity contribution in [3.63, 3.8) is 0 Å². The molecule has 24 heavy (non-hydrogen) atoms. The van der Waals surface area contributed by atoms with Gasteiger partial charge in [0.1, 0.15) is 10.6 Å². The maximum absolute atomic E-state index is 12.2. The molecule has 0 unspecified atom stereocenters. The number of hydrogen-bond acceptors (Lipinski definition) is 5. The normalized spacial score (nSPS) is 11.8. The highest BCUT2D eigenvalue weighted by Gasteiger charge is 2.24. The molecule has 0 aliphatic carbocycles. The van der Waals surface area contributed by atoms with Gasteiger partial charge < -0.3 is 15.4 Å². The lowest BCUT2D eigenvalue weighted by Gasteiger charge is -2.19. The molecule has 0 bridgehead atoms. The average Bonchev–Trinajstić information content (AvgIpc) is 2.81. The first kappa shape index (κ1) is 18.5. The monoisotopic (exact) mass is 346 g/mol. The highest BCUT2D eigenvalue weighted by molar-refractivity contribution is 7.17. The lowest BCUT2D eigenvalue weighted by molar-refractivity contribution is 0.0603. The molecule has 0 saturated carbocycles. The van der Waals surface area contributed by atoms with Crippen molar-refractivity contribution in [1.29, 1.82) is 0 Å². The number of esters is 1. The number of nitrogen functional groups attached to an aromatic ring is 1. The molecule has 1 heterocycles. The number of nitrogens with zero attached hydrogens (tertiary/aromatic N) is 1. The van der Waals surface area contributed by atoms with Gasteiger partial charge in [-0.15, -0.1) is 11.3 Å². The van der Waals surface area contributed by atoms with Gasteiger partial charge in [-0.3, -0.25) is 0 Å². The molecule has 0 atom stereocenters. The molecule has 1 aromatic carbocycles. The summed E-state index contributed by atoms with van der Waals surface area (Å²) in [5, 5.41) is 0.508. The summed E-state index contributed by atoms with van der Waals surface area (Å²) in [5.74, 6) is -0.386. The van der Waals surface area contributed by atoms with E-state index < -0.39 is 0 Å².